The van der Waals surface area contributed by atoms with E-state index in [2.05, 4.69) is 15.3 Å². The van der Waals surface area contributed by atoms with E-state index >= 15 is 0 Å². The summed E-state index contributed by atoms with van der Waals surface area (Å²) in [4.78, 5) is 31.1. The predicted molar refractivity (Wildman–Crippen MR) is 113 cm³/mol. The molecule has 2 heterocycles. The molecule has 0 fully saturated rings. The highest BCUT2D eigenvalue weighted by molar-refractivity contribution is 7.99. The molecule has 0 saturated carbocycles. The minimum absolute atomic E-state index is 0.0357. The summed E-state index contributed by atoms with van der Waals surface area (Å²) >= 11 is 8.54. The van der Waals surface area contributed by atoms with Crippen LogP contribution in [-0.4, -0.2) is 30.0 Å². The van der Waals surface area contributed by atoms with Gasteiger partial charge in [0.1, 0.15) is 0 Å². The lowest BCUT2D eigenvalue weighted by Gasteiger charge is -2.07. The van der Waals surface area contributed by atoms with Gasteiger partial charge in [-0.2, -0.15) is 0 Å². The SMILES string of the molecule is Cc1ccc(S(=O)(=O)c2cnc(SCC(=O)NCc3cccs3)[nH]c2=O)cc1Cl. The summed E-state index contributed by atoms with van der Waals surface area (Å²) in [5.74, 6) is -0.189. The molecule has 152 valence electrons. The zero-order valence-electron chi connectivity index (χ0n) is 15.1. The number of amides is 1. The second-order valence-corrected chi connectivity index (χ2v) is 10.3. The topological polar surface area (TPSA) is 109 Å². The summed E-state index contributed by atoms with van der Waals surface area (Å²) < 4.78 is 25.4. The molecule has 2 aromatic heterocycles. The minimum Gasteiger partial charge on any atom is -0.350 e. The minimum atomic E-state index is -4.07. The number of benzene rings is 1. The number of nitrogens with zero attached hydrogens (tertiary/aromatic N) is 1. The number of halogens is 1. The quantitative estimate of drug-likeness (QED) is 0.406. The first-order valence-electron chi connectivity index (χ1n) is 8.30. The highest BCUT2D eigenvalue weighted by Crippen LogP contribution is 2.24. The molecule has 7 nitrogen and oxygen atoms in total. The first-order valence-corrected chi connectivity index (χ1v) is 12.0. The molecule has 0 saturated heterocycles. The first-order chi connectivity index (χ1) is 13.8. The highest BCUT2D eigenvalue weighted by atomic mass is 35.5. The van der Waals surface area contributed by atoms with Crippen molar-refractivity contribution >= 4 is 50.4 Å². The Morgan fingerprint density at radius 2 is 2.14 bits per heavy atom. The standard InChI is InChI=1S/C18H16ClN3O4S3/c1-11-4-5-13(7-14(11)19)29(25,26)15-9-21-18(22-17(15)24)28-10-16(23)20-8-12-3-2-6-27-12/h2-7,9H,8,10H2,1H3,(H,20,23)(H,21,22,24). The number of aromatic amines is 1. The van der Waals surface area contributed by atoms with Crippen LogP contribution < -0.4 is 10.9 Å². The average Bonchev–Trinajstić information content (AvgIpc) is 3.20. The van der Waals surface area contributed by atoms with Crippen molar-refractivity contribution in [2.45, 2.75) is 28.4 Å². The Balaban J connectivity index is 1.68. The molecule has 0 atom stereocenters. The molecule has 3 aromatic rings. The number of hydrogen-bond donors (Lipinski definition) is 2. The van der Waals surface area contributed by atoms with Gasteiger partial charge in [0.15, 0.2) is 10.1 Å². The Kier molecular flexibility index (Phi) is 6.78. The second kappa shape index (κ2) is 9.12. The fourth-order valence-corrected chi connectivity index (χ4v) is 5.10. The summed E-state index contributed by atoms with van der Waals surface area (Å²) in [5.41, 5.74) is -0.0834. The molecule has 11 heteroatoms. The Hall–Kier alpha value is -2.14. The van der Waals surface area contributed by atoms with E-state index in [-0.39, 0.29) is 26.7 Å². The van der Waals surface area contributed by atoms with E-state index in [9.17, 15) is 18.0 Å². The third-order valence-corrected chi connectivity index (χ3v) is 7.78. The maximum absolute atomic E-state index is 12.7. The van der Waals surface area contributed by atoms with Gasteiger partial charge in [0, 0.05) is 9.90 Å². The van der Waals surface area contributed by atoms with Crippen LogP contribution in [-0.2, 0) is 21.2 Å². The Bertz CT molecular complexity index is 1190. The zero-order chi connectivity index (χ0) is 21.0. The van der Waals surface area contributed by atoms with E-state index in [1.807, 2.05) is 17.5 Å². The van der Waals surface area contributed by atoms with Gasteiger partial charge in [0.05, 0.1) is 23.4 Å². The molecule has 0 unspecified atom stereocenters. The van der Waals surface area contributed by atoms with Crippen molar-refractivity contribution in [1.29, 1.82) is 0 Å². The molecule has 3 rings (SSSR count). The summed E-state index contributed by atoms with van der Waals surface area (Å²) in [5, 5.41) is 5.12. The Morgan fingerprint density at radius 1 is 1.34 bits per heavy atom. The van der Waals surface area contributed by atoms with Gasteiger partial charge in [-0.15, -0.1) is 11.3 Å². The largest absolute Gasteiger partial charge is 0.350 e. The predicted octanol–water partition coefficient (Wildman–Crippen LogP) is 3.03. The fourth-order valence-electron chi connectivity index (χ4n) is 2.28. The second-order valence-electron chi connectivity index (χ2n) is 5.94. The average molecular weight is 470 g/mol. The van der Waals surface area contributed by atoms with Crippen molar-refractivity contribution in [3.8, 4) is 0 Å². The molecule has 0 spiro atoms. The van der Waals surface area contributed by atoms with E-state index in [1.54, 1.807) is 13.0 Å². The van der Waals surface area contributed by atoms with Crippen LogP contribution in [0.5, 0.6) is 0 Å². The van der Waals surface area contributed by atoms with Crippen molar-refractivity contribution in [3.05, 3.63) is 67.7 Å². The maximum atomic E-state index is 12.7. The molecular weight excluding hydrogens is 454 g/mol. The van der Waals surface area contributed by atoms with Crippen LogP contribution in [0, 0.1) is 6.92 Å². The van der Waals surface area contributed by atoms with E-state index < -0.39 is 20.3 Å². The number of carbonyl (C=O) groups excluding carboxylic acids is 1. The van der Waals surface area contributed by atoms with Crippen LogP contribution >= 0.6 is 34.7 Å². The van der Waals surface area contributed by atoms with Crippen LogP contribution in [0.1, 0.15) is 10.4 Å². The van der Waals surface area contributed by atoms with Gasteiger partial charge in [-0.1, -0.05) is 35.5 Å². The Labute approximate surface area is 180 Å². The third-order valence-electron chi connectivity index (χ3n) is 3.87. The summed E-state index contributed by atoms with van der Waals surface area (Å²) in [7, 11) is -4.07. The van der Waals surface area contributed by atoms with Gasteiger partial charge in [0.2, 0.25) is 15.7 Å². The van der Waals surface area contributed by atoms with E-state index in [0.717, 1.165) is 28.4 Å². The number of sulfone groups is 1. The van der Waals surface area contributed by atoms with Crippen molar-refractivity contribution in [3.63, 3.8) is 0 Å². The number of H-pyrrole nitrogens is 1. The molecule has 29 heavy (non-hydrogen) atoms. The number of hydrogen-bond acceptors (Lipinski definition) is 7. The van der Waals surface area contributed by atoms with Crippen LogP contribution in [0.3, 0.4) is 0 Å². The molecule has 0 aliphatic heterocycles. The monoisotopic (exact) mass is 469 g/mol. The summed E-state index contributed by atoms with van der Waals surface area (Å²) in [6.07, 6.45) is 0.994. The molecular formula is C18H16ClN3O4S3. The van der Waals surface area contributed by atoms with Crippen molar-refractivity contribution in [1.82, 2.24) is 15.3 Å². The first kappa shape index (κ1) is 21.6. The molecule has 1 amide bonds. The van der Waals surface area contributed by atoms with Gasteiger partial charge in [-0.3, -0.25) is 9.59 Å². The number of rotatable bonds is 7. The molecule has 0 aliphatic rings. The number of thiophene rings is 1. The summed E-state index contributed by atoms with van der Waals surface area (Å²) in [6, 6.07) is 8.06. The maximum Gasteiger partial charge on any atom is 0.270 e. The number of thioether (sulfide) groups is 1. The van der Waals surface area contributed by atoms with E-state index in [1.165, 1.54) is 23.5 Å². The number of nitrogens with one attached hydrogen (secondary N) is 2. The number of aryl methyl sites for hydroxylation is 1. The Morgan fingerprint density at radius 3 is 2.79 bits per heavy atom. The van der Waals surface area contributed by atoms with Gasteiger partial charge < -0.3 is 10.3 Å². The van der Waals surface area contributed by atoms with Crippen molar-refractivity contribution < 1.29 is 13.2 Å². The lowest BCUT2D eigenvalue weighted by atomic mass is 10.2. The van der Waals surface area contributed by atoms with Crippen LogP contribution in [0.15, 0.2) is 61.7 Å². The lowest BCUT2D eigenvalue weighted by molar-refractivity contribution is -0.118. The van der Waals surface area contributed by atoms with Gasteiger partial charge >= 0.3 is 0 Å². The summed E-state index contributed by atoms with van der Waals surface area (Å²) in [6.45, 7) is 2.17. The normalized spacial score (nSPS) is 11.4. The van der Waals surface area contributed by atoms with Crippen LogP contribution in [0.2, 0.25) is 5.02 Å². The van der Waals surface area contributed by atoms with Crippen molar-refractivity contribution in [2.24, 2.45) is 0 Å². The smallest absolute Gasteiger partial charge is 0.270 e. The van der Waals surface area contributed by atoms with E-state index in [0.29, 0.717) is 6.54 Å². The number of aromatic nitrogens is 2. The van der Waals surface area contributed by atoms with Crippen LogP contribution in [0.4, 0.5) is 0 Å². The van der Waals surface area contributed by atoms with Gasteiger partial charge in [-0.05, 0) is 36.1 Å². The third kappa shape index (κ3) is 5.27. The molecule has 0 bridgehead atoms. The zero-order valence-corrected chi connectivity index (χ0v) is 18.3. The van der Waals surface area contributed by atoms with Crippen molar-refractivity contribution in [2.75, 3.05) is 5.75 Å². The molecule has 0 aliphatic carbocycles. The number of carbonyl (C=O) groups is 1. The highest BCUT2D eigenvalue weighted by Gasteiger charge is 2.23. The lowest BCUT2D eigenvalue weighted by Crippen LogP contribution is -2.24. The molecule has 0 radical (unpaired) electrons. The van der Waals surface area contributed by atoms with Crippen LogP contribution in [0.25, 0.3) is 0 Å². The van der Waals surface area contributed by atoms with E-state index in [4.69, 9.17) is 11.6 Å². The molecule has 1 aromatic carbocycles. The van der Waals surface area contributed by atoms with Gasteiger partial charge in [-0.25, -0.2) is 13.4 Å². The van der Waals surface area contributed by atoms with Gasteiger partial charge in [0.25, 0.3) is 5.56 Å². The fraction of sp³-hybridized carbons (Fsp3) is 0.167. The molecule has 2 N–H and O–H groups in total.